The molecule has 0 unspecified atom stereocenters. The van der Waals surface area contributed by atoms with E-state index in [1.807, 2.05) is 6.07 Å². The van der Waals surface area contributed by atoms with E-state index in [4.69, 9.17) is 9.47 Å². The lowest BCUT2D eigenvalue weighted by molar-refractivity contribution is -0.155. The molecule has 0 aromatic heterocycles. The highest BCUT2D eigenvalue weighted by molar-refractivity contribution is 6.13. The van der Waals surface area contributed by atoms with Gasteiger partial charge in [0.2, 0.25) is 5.41 Å². The van der Waals surface area contributed by atoms with Crippen LogP contribution in [-0.2, 0) is 19.7 Å². The van der Waals surface area contributed by atoms with Crippen molar-refractivity contribution >= 4 is 11.9 Å². The lowest BCUT2D eigenvalue weighted by atomic mass is 9.75. The van der Waals surface area contributed by atoms with Crippen molar-refractivity contribution < 1.29 is 19.1 Å². The maximum Gasteiger partial charge on any atom is 0.338 e. The van der Waals surface area contributed by atoms with Crippen molar-refractivity contribution in [2.24, 2.45) is 0 Å². The predicted octanol–water partition coefficient (Wildman–Crippen LogP) is 2.45. The fourth-order valence-corrected chi connectivity index (χ4v) is 2.66. The van der Waals surface area contributed by atoms with Crippen LogP contribution < -0.4 is 4.74 Å². The largest absolute Gasteiger partial charge is 0.465 e. The highest BCUT2D eigenvalue weighted by Crippen LogP contribution is 2.45. The summed E-state index contributed by atoms with van der Waals surface area (Å²) in [6, 6.07) is 15.8. The number of esters is 2. The molecule has 1 aliphatic heterocycles. The Morgan fingerprint density at radius 1 is 1.10 bits per heavy atom. The molecule has 2 aromatic carbocycles. The van der Waals surface area contributed by atoms with Gasteiger partial charge in [0.15, 0.2) is 0 Å². The molecule has 1 aliphatic rings. The molecule has 0 amide bonds. The van der Waals surface area contributed by atoms with E-state index in [1.165, 1.54) is 0 Å². The van der Waals surface area contributed by atoms with Gasteiger partial charge in [0.25, 0.3) is 0 Å². The van der Waals surface area contributed by atoms with Crippen LogP contribution in [-0.4, -0.2) is 18.5 Å². The number of carbonyl (C=O) groups excluding carboxylic acids is 2. The van der Waals surface area contributed by atoms with Gasteiger partial charge >= 0.3 is 11.9 Å². The second-order valence-electron chi connectivity index (χ2n) is 4.72. The fraction of sp³-hybridized carbons (Fsp3) is 0.176. The van der Waals surface area contributed by atoms with Crippen LogP contribution in [0, 0.1) is 0 Å². The molecular weight excluding hydrogens is 268 g/mol. The average molecular weight is 282 g/mol. The van der Waals surface area contributed by atoms with Gasteiger partial charge in [0.05, 0.1) is 6.61 Å². The van der Waals surface area contributed by atoms with Crippen molar-refractivity contribution in [2.45, 2.75) is 12.3 Å². The first-order valence-corrected chi connectivity index (χ1v) is 6.75. The summed E-state index contributed by atoms with van der Waals surface area (Å²) >= 11 is 0. The molecule has 0 saturated carbocycles. The molecule has 0 saturated heterocycles. The van der Waals surface area contributed by atoms with Crippen LogP contribution in [0.25, 0.3) is 0 Å². The van der Waals surface area contributed by atoms with E-state index in [-0.39, 0.29) is 6.61 Å². The minimum absolute atomic E-state index is 0.197. The Balaban J connectivity index is 2.28. The zero-order chi connectivity index (χ0) is 14.9. The molecule has 4 nitrogen and oxygen atoms in total. The van der Waals surface area contributed by atoms with E-state index in [9.17, 15) is 9.59 Å². The van der Waals surface area contributed by atoms with Crippen molar-refractivity contribution in [1.82, 2.24) is 0 Å². The lowest BCUT2D eigenvalue weighted by Crippen LogP contribution is -2.44. The first kappa shape index (κ1) is 13.4. The number of ether oxygens (including phenoxy) is 2. The van der Waals surface area contributed by atoms with Gasteiger partial charge in [-0.3, -0.25) is 4.79 Å². The first-order chi connectivity index (χ1) is 10.2. The zero-order valence-electron chi connectivity index (χ0n) is 11.5. The topological polar surface area (TPSA) is 52.6 Å². The first-order valence-electron chi connectivity index (χ1n) is 6.75. The van der Waals surface area contributed by atoms with Crippen molar-refractivity contribution in [3.05, 3.63) is 65.7 Å². The maximum absolute atomic E-state index is 12.6. The van der Waals surface area contributed by atoms with Gasteiger partial charge in [-0.05, 0) is 18.6 Å². The average Bonchev–Trinajstić information content (AvgIpc) is 2.81. The Morgan fingerprint density at radius 2 is 1.76 bits per heavy atom. The Hall–Kier alpha value is -2.62. The van der Waals surface area contributed by atoms with Gasteiger partial charge in [-0.2, -0.15) is 0 Å². The second-order valence-corrected chi connectivity index (χ2v) is 4.72. The molecule has 0 fully saturated rings. The fourth-order valence-electron chi connectivity index (χ4n) is 2.66. The van der Waals surface area contributed by atoms with Gasteiger partial charge in [0, 0.05) is 5.56 Å². The lowest BCUT2D eigenvalue weighted by Gasteiger charge is -2.24. The molecule has 3 rings (SSSR count). The summed E-state index contributed by atoms with van der Waals surface area (Å²) in [7, 11) is 0. The molecule has 21 heavy (non-hydrogen) atoms. The van der Waals surface area contributed by atoms with E-state index in [0.29, 0.717) is 16.9 Å². The number of hydrogen-bond donors (Lipinski definition) is 0. The Kier molecular flexibility index (Phi) is 3.22. The smallest absolute Gasteiger partial charge is 0.338 e. The van der Waals surface area contributed by atoms with Crippen molar-refractivity contribution in [1.29, 1.82) is 0 Å². The van der Waals surface area contributed by atoms with Crippen molar-refractivity contribution in [3.8, 4) is 5.75 Å². The maximum atomic E-state index is 12.6. The Bertz CT molecular complexity index is 693. The molecule has 0 spiro atoms. The molecule has 1 heterocycles. The molecule has 2 aromatic rings. The Labute approximate surface area is 122 Å². The quantitative estimate of drug-likeness (QED) is 0.493. The standard InChI is InChI=1S/C17H14O4/c1-2-20-15(18)17(12-8-4-3-5-9-12)13-10-6-7-11-14(13)21-16(17)19/h3-11H,2H2,1H3/t17-/m1/s1. The van der Waals surface area contributed by atoms with Crippen LogP contribution in [0.15, 0.2) is 54.6 Å². The van der Waals surface area contributed by atoms with E-state index in [1.54, 1.807) is 55.5 Å². The van der Waals surface area contributed by atoms with Gasteiger partial charge in [-0.15, -0.1) is 0 Å². The minimum Gasteiger partial charge on any atom is -0.465 e. The minimum atomic E-state index is -1.53. The van der Waals surface area contributed by atoms with Gasteiger partial charge in [-0.1, -0.05) is 48.5 Å². The third-order valence-electron chi connectivity index (χ3n) is 3.59. The van der Waals surface area contributed by atoms with Crippen LogP contribution in [0.5, 0.6) is 5.75 Å². The van der Waals surface area contributed by atoms with Gasteiger partial charge in [0.1, 0.15) is 5.75 Å². The normalized spacial score (nSPS) is 19.8. The SMILES string of the molecule is CCOC(=O)[C@]1(c2ccccc2)C(=O)Oc2ccccc21. The monoisotopic (exact) mass is 282 g/mol. The number of para-hydroxylation sites is 1. The molecule has 0 aliphatic carbocycles. The summed E-state index contributed by atoms with van der Waals surface area (Å²) < 4.78 is 10.5. The number of fused-ring (bicyclic) bond motifs is 1. The van der Waals surface area contributed by atoms with Gasteiger partial charge < -0.3 is 9.47 Å². The number of benzene rings is 2. The zero-order valence-corrected chi connectivity index (χ0v) is 11.5. The number of hydrogen-bond acceptors (Lipinski definition) is 4. The summed E-state index contributed by atoms with van der Waals surface area (Å²) in [5.41, 5.74) is -0.452. The van der Waals surface area contributed by atoms with Crippen LogP contribution in [0.3, 0.4) is 0 Å². The summed E-state index contributed by atoms with van der Waals surface area (Å²) in [6.07, 6.45) is 0. The highest BCUT2D eigenvalue weighted by atomic mass is 16.6. The summed E-state index contributed by atoms with van der Waals surface area (Å²) in [4.78, 5) is 25.2. The van der Waals surface area contributed by atoms with Crippen molar-refractivity contribution in [2.75, 3.05) is 6.61 Å². The third-order valence-corrected chi connectivity index (χ3v) is 3.59. The van der Waals surface area contributed by atoms with E-state index in [2.05, 4.69) is 0 Å². The molecule has 0 N–H and O–H groups in total. The molecule has 0 bridgehead atoms. The molecule has 106 valence electrons. The summed E-state index contributed by atoms with van der Waals surface area (Å²) in [6.45, 7) is 1.91. The van der Waals surface area contributed by atoms with E-state index < -0.39 is 17.4 Å². The third kappa shape index (κ3) is 1.83. The van der Waals surface area contributed by atoms with Gasteiger partial charge in [-0.25, -0.2) is 4.79 Å². The second kappa shape index (κ2) is 5.05. The summed E-state index contributed by atoms with van der Waals surface area (Å²) in [5.74, 6) is -0.820. The number of carbonyl (C=O) groups is 2. The molecule has 1 atom stereocenters. The van der Waals surface area contributed by atoms with Crippen LogP contribution in [0.2, 0.25) is 0 Å². The molecule has 4 heteroatoms. The van der Waals surface area contributed by atoms with Crippen LogP contribution in [0.1, 0.15) is 18.1 Å². The van der Waals surface area contributed by atoms with Crippen LogP contribution in [0.4, 0.5) is 0 Å². The van der Waals surface area contributed by atoms with Crippen molar-refractivity contribution in [3.63, 3.8) is 0 Å². The predicted molar refractivity (Wildman–Crippen MR) is 75.9 cm³/mol. The Morgan fingerprint density at radius 3 is 2.48 bits per heavy atom. The molecule has 0 radical (unpaired) electrons. The highest BCUT2D eigenvalue weighted by Gasteiger charge is 2.57. The summed E-state index contributed by atoms with van der Waals surface area (Å²) in [5, 5.41) is 0. The van der Waals surface area contributed by atoms with E-state index >= 15 is 0 Å². The molecular formula is C17H14O4. The van der Waals surface area contributed by atoms with E-state index in [0.717, 1.165) is 0 Å². The number of rotatable bonds is 3. The van der Waals surface area contributed by atoms with Crippen LogP contribution >= 0.6 is 0 Å².